The SMILES string of the molecule is O=S(=O)(NC1CCCC1CO)N1CCCCC1. The Balaban J connectivity index is 1.96. The van der Waals surface area contributed by atoms with Crippen molar-refractivity contribution in [2.75, 3.05) is 19.7 Å². The Morgan fingerprint density at radius 3 is 2.47 bits per heavy atom. The first-order chi connectivity index (χ1) is 8.13. The van der Waals surface area contributed by atoms with E-state index >= 15 is 0 Å². The monoisotopic (exact) mass is 262 g/mol. The van der Waals surface area contributed by atoms with Gasteiger partial charge in [0.25, 0.3) is 10.2 Å². The molecule has 2 unspecified atom stereocenters. The molecule has 0 aromatic carbocycles. The zero-order valence-electron chi connectivity index (χ0n) is 10.1. The van der Waals surface area contributed by atoms with Gasteiger partial charge in [0, 0.05) is 25.7 Å². The lowest BCUT2D eigenvalue weighted by Gasteiger charge is -2.28. The summed E-state index contributed by atoms with van der Waals surface area (Å²) in [4.78, 5) is 0. The van der Waals surface area contributed by atoms with Crippen LogP contribution < -0.4 is 4.72 Å². The fourth-order valence-electron chi connectivity index (χ4n) is 2.78. The Kier molecular flexibility index (Phi) is 4.41. The largest absolute Gasteiger partial charge is 0.396 e. The molecule has 1 heterocycles. The van der Waals surface area contributed by atoms with E-state index in [1.807, 2.05) is 0 Å². The van der Waals surface area contributed by atoms with Crippen LogP contribution in [0.3, 0.4) is 0 Å². The molecule has 0 aromatic rings. The van der Waals surface area contributed by atoms with Gasteiger partial charge in [0.1, 0.15) is 0 Å². The molecule has 1 saturated heterocycles. The Morgan fingerprint density at radius 2 is 1.82 bits per heavy atom. The molecule has 6 heteroatoms. The molecule has 2 N–H and O–H groups in total. The van der Waals surface area contributed by atoms with Gasteiger partial charge in [0.15, 0.2) is 0 Å². The highest BCUT2D eigenvalue weighted by atomic mass is 32.2. The molecule has 17 heavy (non-hydrogen) atoms. The molecule has 0 aromatic heterocycles. The van der Waals surface area contributed by atoms with Crippen LogP contribution in [-0.2, 0) is 10.2 Å². The summed E-state index contributed by atoms with van der Waals surface area (Å²) in [7, 11) is -3.34. The quantitative estimate of drug-likeness (QED) is 0.773. The molecule has 100 valence electrons. The predicted molar refractivity (Wildman–Crippen MR) is 65.7 cm³/mol. The summed E-state index contributed by atoms with van der Waals surface area (Å²) in [5.41, 5.74) is 0. The van der Waals surface area contributed by atoms with Crippen molar-refractivity contribution in [3.05, 3.63) is 0 Å². The summed E-state index contributed by atoms with van der Waals surface area (Å²) in [6.45, 7) is 1.34. The topological polar surface area (TPSA) is 69.6 Å². The molecule has 0 amide bonds. The average Bonchev–Trinajstić information content (AvgIpc) is 2.77. The highest BCUT2D eigenvalue weighted by Crippen LogP contribution is 2.26. The van der Waals surface area contributed by atoms with Crippen molar-refractivity contribution < 1.29 is 13.5 Å². The van der Waals surface area contributed by atoms with Crippen LogP contribution in [0.4, 0.5) is 0 Å². The number of nitrogens with one attached hydrogen (secondary N) is 1. The first-order valence-corrected chi connectivity index (χ1v) is 7.96. The third kappa shape index (κ3) is 3.19. The van der Waals surface area contributed by atoms with E-state index in [0.717, 1.165) is 38.5 Å². The average molecular weight is 262 g/mol. The van der Waals surface area contributed by atoms with Crippen LogP contribution in [0.2, 0.25) is 0 Å². The summed E-state index contributed by atoms with van der Waals surface area (Å²) >= 11 is 0. The molecule has 2 atom stereocenters. The summed E-state index contributed by atoms with van der Waals surface area (Å²) in [5.74, 6) is 0.0922. The van der Waals surface area contributed by atoms with Crippen LogP contribution in [0.25, 0.3) is 0 Å². The van der Waals surface area contributed by atoms with Crippen molar-refractivity contribution in [2.24, 2.45) is 5.92 Å². The van der Waals surface area contributed by atoms with E-state index in [1.165, 1.54) is 0 Å². The zero-order valence-corrected chi connectivity index (χ0v) is 11.0. The minimum atomic E-state index is -3.34. The van der Waals surface area contributed by atoms with Gasteiger partial charge >= 0.3 is 0 Å². The second-order valence-corrected chi connectivity index (χ2v) is 6.76. The fraction of sp³-hybridized carbons (Fsp3) is 1.00. The minimum absolute atomic E-state index is 0.0766. The molecular weight excluding hydrogens is 240 g/mol. The maximum absolute atomic E-state index is 12.1. The number of aliphatic hydroxyl groups excluding tert-OH is 1. The normalized spacial score (nSPS) is 31.8. The van der Waals surface area contributed by atoms with Gasteiger partial charge in [-0.25, -0.2) is 0 Å². The van der Waals surface area contributed by atoms with Crippen molar-refractivity contribution in [2.45, 2.75) is 44.6 Å². The molecule has 1 saturated carbocycles. The van der Waals surface area contributed by atoms with Crippen molar-refractivity contribution in [3.8, 4) is 0 Å². The lowest BCUT2D eigenvalue weighted by molar-refractivity contribution is 0.212. The van der Waals surface area contributed by atoms with Gasteiger partial charge < -0.3 is 5.11 Å². The predicted octanol–water partition coefficient (Wildman–Crippen LogP) is 0.468. The van der Waals surface area contributed by atoms with Crippen LogP contribution >= 0.6 is 0 Å². The van der Waals surface area contributed by atoms with E-state index in [4.69, 9.17) is 0 Å². The van der Waals surface area contributed by atoms with E-state index in [9.17, 15) is 13.5 Å². The van der Waals surface area contributed by atoms with E-state index in [-0.39, 0.29) is 18.6 Å². The standard InChI is InChI=1S/C11H22N2O3S/c14-9-10-5-4-6-11(10)12-17(15,16)13-7-2-1-3-8-13/h10-12,14H,1-9H2. The molecule has 2 rings (SSSR count). The number of hydrogen-bond donors (Lipinski definition) is 2. The number of rotatable bonds is 4. The van der Waals surface area contributed by atoms with Crippen LogP contribution in [0.1, 0.15) is 38.5 Å². The first kappa shape index (κ1) is 13.3. The molecule has 2 fully saturated rings. The number of hydrogen-bond acceptors (Lipinski definition) is 3. The third-order valence-corrected chi connectivity index (χ3v) is 5.49. The highest BCUT2D eigenvalue weighted by molar-refractivity contribution is 7.87. The molecule has 0 spiro atoms. The molecule has 1 aliphatic carbocycles. The van der Waals surface area contributed by atoms with Gasteiger partial charge in [-0.2, -0.15) is 17.4 Å². The molecule has 5 nitrogen and oxygen atoms in total. The van der Waals surface area contributed by atoms with Crippen LogP contribution in [-0.4, -0.2) is 43.6 Å². The molecule has 0 radical (unpaired) electrons. The number of aliphatic hydroxyl groups is 1. The number of piperidine rings is 1. The number of nitrogens with zero attached hydrogens (tertiary/aromatic N) is 1. The Bertz CT molecular complexity index is 339. The highest BCUT2D eigenvalue weighted by Gasteiger charge is 2.33. The van der Waals surface area contributed by atoms with E-state index < -0.39 is 10.2 Å². The molecule has 1 aliphatic heterocycles. The Morgan fingerprint density at radius 1 is 1.12 bits per heavy atom. The summed E-state index contributed by atoms with van der Waals surface area (Å²) in [6.07, 6.45) is 5.79. The van der Waals surface area contributed by atoms with Crippen molar-refractivity contribution in [3.63, 3.8) is 0 Å². The van der Waals surface area contributed by atoms with Crippen molar-refractivity contribution >= 4 is 10.2 Å². The van der Waals surface area contributed by atoms with Crippen LogP contribution in [0, 0.1) is 5.92 Å². The van der Waals surface area contributed by atoms with Gasteiger partial charge in [-0.3, -0.25) is 0 Å². The van der Waals surface area contributed by atoms with Crippen LogP contribution in [0.5, 0.6) is 0 Å². The van der Waals surface area contributed by atoms with E-state index in [1.54, 1.807) is 4.31 Å². The van der Waals surface area contributed by atoms with E-state index in [0.29, 0.717) is 13.1 Å². The summed E-state index contributed by atoms with van der Waals surface area (Å²) in [6, 6.07) is -0.0769. The lowest BCUT2D eigenvalue weighted by Crippen LogP contribution is -2.48. The summed E-state index contributed by atoms with van der Waals surface area (Å²) in [5, 5.41) is 9.20. The Labute approximate surface area is 103 Å². The maximum atomic E-state index is 12.1. The van der Waals surface area contributed by atoms with Crippen LogP contribution in [0.15, 0.2) is 0 Å². The van der Waals surface area contributed by atoms with Gasteiger partial charge in [-0.15, -0.1) is 0 Å². The lowest BCUT2D eigenvalue weighted by atomic mass is 10.1. The van der Waals surface area contributed by atoms with Gasteiger partial charge in [0.05, 0.1) is 0 Å². The van der Waals surface area contributed by atoms with Gasteiger partial charge in [0.2, 0.25) is 0 Å². The second kappa shape index (κ2) is 5.65. The molecular formula is C11H22N2O3S. The van der Waals surface area contributed by atoms with Crippen molar-refractivity contribution in [1.82, 2.24) is 9.03 Å². The minimum Gasteiger partial charge on any atom is -0.396 e. The van der Waals surface area contributed by atoms with Crippen molar-refractivity contribution in [1.29, 1.82) is 0 Å². The molecule has 0 bridgehead atoms. The fourth-order valence-corrected chi connectivity index (χ4v) is 4.36. The van der Waals surface area contributed by atoms with Gasteiger partial charge in [-0.05, 0) is 31.6 Å². The summed E-state index contributed by atoms with van der Waals surface area (Å²) < 4.78 is 28.6. The molecule has 2 aliphatic rings. The maximum Gasteiger partial charge on any atom is 0.279 e. The Hall–Kier alpha value is -0.170. The second-order valence-electron chi connectivity index (χ2n) is 5.06. The third-order valence-electron chi connectivity index (χ3n) is 3.85. The van der Waals surface area contributed by atoms with E-state index in [2.05, 4.69) is 4.72 Å². The van der Waals surface area contributed by atoms with Gasteiger partial charge in [-0.1, -0.05) is 12.8 Å². The zero-order chi connectivity index (χ0) is 12.3. The smallest absolute Gasteiger partial charge is 0.279 e. The first-order valence-electron chi connectivity index (χ1n) is 6.52.